The lowest BCUT2D eigenvalue weighted by Gasteiger charge is -2.22. The SMILES string of the molecule is CCCCCCCCCCCCC(c1ccccc1CC(CCCC)CCCCCC)S(=O)(=O)O. The summed E-state index contributed by atoms with van der Waals surface area (Å²) in [6.45, 7) is 6.73. The molecule has 1 rings (SSSR count). The van der Waals surface area contributed by atoms with Gasteiger partial charge in [-0.15, -0.1) is 0 Å². The highest BCUT2D eigenvalue weighted by Crippen LogP contribution is 2.33. The van der Waals surface area contributed by atoms with E-state index in [1.54, 1.807) is 0 Å². The summed E-state index contributed by atoms with van der Waals surface area (Å²) in [4.78, 5) is 0. The van der Waals surface area contributed by atoms with Gasteiger partial charge in [0.1, 0.15) is 5.25 Å². The molecule has 0 aliphatic heterocycles. The number of unbranched alkanes of at least 4 members (excludes halogenated alkanes) is 13. The van der Waals surface area contributed by atoms with Crippen molar-refractivity contribution in [1.82, 2.24) is 0 Å². The van der Waals surface area contributed by atoms with Gasteiger partial charge in [-0.25, -0.2) is 0 Å². The normalized spacial score (nSPS) is 13.7. The molecule has 0 aromatic heterocycles. The van der Waals surface area contributed by atoms with Crippen LogP contribution in [0.2, 0.25) is 0 Å². The molecule has 0 saturated carbocycles. The summed E-state index contributed by atoms with van der Waals surface area (Å²) >= 11 is 0. The standard InChI is InChI=1S/C31H56O3S/c1-4-7-10-12-13-14-15-16-17-19-26-31(35(32,33)34)30-25-21-20-24-29(30)27-28(22-9-6-3)23-18-11-8-5-2/h20-21,24-25,28,31H,4-19,22-23,26-27H2,1-3H3,(H,32,33,34). The molecule has 0 fully saturated rings. The molecule has 0 spiro atoms. The summed E-state index contributed by atoms with van der Waals surface area (Å²) in [7, 11) is -4.13. The zero-order valence-electron chi connectivity index (χ0n) is 23.3. The average Bonchev–Trinajstić information content (AvgIpc) is 2.83. The Kier molecular flexibility index (Phi) is 18.6. The van der Waals surface area contributed by atoms with E-state index in [9.17, 15) is 13.0 Å². The average molecular weight is 509 g/mol. The number of rotatable bonds is 23. The predicted molar refractivity (Wildman–Crippen MR) is 153 cm³/mol. The summed E-state index contributed by atoms with van der Waals surface area (Å²) in [5.74, 6) is 0.590. The van der Waals surface area contributed by atoms with Gasteiger partial charge in [0.15, 0.2) is 0 Å². The van der Waals surface area contributed by atoms with Crippen LogP contribution in [0, 0.1) is 5.92 Å². The van der Waals surface area contributed by atoms with Crippen LogP contribution < -0.4 is 0 Å². The molecule has 1 aromatic carbocycles. The van der Waals surface area contributed by atoms with Crippen LogP contribution in [0.3, 0.4) is 0 Å². The second kappa shape index (κ2) is 20.2. The highest BCUT2D eigenvalue weighted by molar-refractivity contribution is 7.86. The van der Waals surface area contributed by atoms with E-state index >= 15 is 0 Å². The molecule has 0 radical (unpaired) electrons. The molecule has 35 heavy (non-hydrogen) atoms. The molecule has 1 N–H and O–H groups in total. The number of benzene rings is 1. The first kappa shape index (κ1) is 32.2. The highest BCUT2D eigenvalue weighted by Gasteiger charge is 2.27. The first-order valence-electron chi connectivity index (χ1n) is 15.0. The summed E-state index contributed by atoms with van der Waals surface area (Å²) in [5, 5.41) is -0.792. The maximum absolute atomic E-state index is 12.4. The minimum Gasteiger partial charge on any atom is -0.285 e. The molecule has 204 valence electrons. The van der Waals surface area contributed by atoms with Crippen molar-refractivity contribution in [3.8, 4) is 0 Å². The third-order valence-electron chi connectivity index (χ3n) is 7.52. The minimum atomic E-state index is -4.13. The molecule has 0 amide bonds. The molecule has 0 saturated heterocycles. The van der Waals surface area contributed by atoms with E-state index in [4.69, 9.17) is 0 Å². The molecule has 0 aliphatic rings. The van der Waals surface area contributed by atoms with E-state index in [1.165, 1.54) is 96.3 Å². The molecule has 2 atom stereocenters. The summed E-state index contributed by atoms with van der Waals surface area (Å²) in [6, 6.07) is 7.99. The quantitative estimate of drug-likeness (QED) is 0.118. The van der Waals surface area contributed by atoms with Crippen LogP contribution >= 0.6 is 0 Å². The molecule has 0 aliphatic carbocycles. The minimum absolute atomic E-state index is 0.516. The molecule has 2 unspecified atom stereocenters. The first-order valence-corrected chi connectivity index (χ1v) is 16.5. The van der Waals surface area contributed by atoms with Crippen LogP contribution in [-0.2, 0) is 16.5 Å². The van der Waals surface area contributed by atoms with Crippen LogP contribution in [-0.4, -0.2) is 13.0 Å². The van der Waals surface area contributed by atoms with Gasteiger partial charge >= 0.3 is 0 Å². The Hall–Kier alpha value is -0.870. The predicted octanol–water partition coefficient (Wildman–Crippen LogP) is 10.2. The monoisotopic (exact) mass is 508 g/mol. The van der Waals surface area contributed by atoms with Crippen LogP contribution in [0.25, 0.3) is 0 Å². The lowest BCUT2D eigenvalue weighted by Crippen LogP contribution is -2.16. The Labute approximate surface area is 218 Å². The molecule has 1 aromatic rings. The Morgan fingerprint density at radius 1 is 0.629 bits per heavy atom. The van der Waals surface area contributed by atoms with E-state index in [2.05, 4.69) is 26.8 Å². The van der Waals surface area contributed by atoms with Crippen molar-refractivity contribution in [2.24, 2.45) is 5.92 Å². The summed E-state index contributed by atoms with van der Waals surface area (Å²) < 4.78 is 35.0. The van der Waals surface area contributed by atoms with E-state index in [1.807, 2.05) is 18.2 Å². The third-order valence-corrected chi connectivity index (χ3v) is 8.73. The largest absolute Gasteiger partial charge is 0.285 e. The van der Waals surface area contributed by atoms with Gasteiger partial charge in [0, 0.05) is 0 Å². The van der Waals surface area contributed by atoms with Crippen LogP contribution in [0.4, 0.5) is 0 Å². The summed E-state index contributed by atoms with van der Waals surface area (Å²) in [5.41, 5.74) is 1.96. The van der Waals surface area contributed by atoms with Gasteiger partial charge in [-0.05, 0) is 29.9 Å². The van der Waals surface area contributed by atoms with Crippen molar-refractivity contribution >= 4 is 10.1 Å². The van der Waals surface area contributed by atoms with Crippen molar-refractivity contribution in [3.63, 3.8) is 0 Å². The fourth-order valence-electron chi connectivity index (χ4n) is 5.33. The Morgan fingerprint density at radius 3 is 1.66 bits per heavy atom. The summed E-state index contributed by atoms with van der Waals surface area (Å²) in [6.07, 6.45) is 23.6. The molecular formula is C31H56O3S. The van der Waals surface area contributed by atoms with Crippen molar-refractivity contribution in [1.29, 1.82) is 0 Å². The smallest absolute Gasteiger partial charge is 0.271 e. The van der Waals surface area contributed by atoms with Gasteiger partial charge in [0.05, 0.1) is 0 Å². The lowest BCUT2D eigenvalue weighted by molar-refractivity contribution is 0.408. The fraction of sp³-hybridized carbons (Fsp3) is 0.806. The Bertz CT molecular complexity index is 728. The molecule has 0 heterocycles. The van der Waals surface area contributed by atoms with Gasteiger partial charge in [-0.3, -0.25) is 4.55 Å². The maximum atomic E-state index is 12.4. The topological polar surface area (TPSA) is 54.4 Å². The second-order valence-electron chi connectivity index (χ2n) is 10.7. The van der Waals surface area contributed by atoms with Gasteiger partial charge in [-0.2, -0.15) is 8.42 Å². The van der Waals surface area contributed by atoms with Crippen molar-refractivity contribution in [3.05, 3.63) is 35.4 Å². The third kappa shape index (κ3) is 15.1. The van der Waals surface area contributed by atoms with Gasteiger partial charge in [-0.1, -0.05) is 161 Å². The zero-order valence-corrected chi connectivity index (χ0v) is 24.1. The van der Waals surface area contributed by atoms with Crippen molar-refractivity contribution < 1.29 is 13.0 Å². The van der Waals surface area contributed by atoms with E-state index < -0.39 is 15.4 Å². The number of hydrogen-bond donors (Lipinski definition) is 1. The van der Waals surface area contributed by atoms with E-state index in [0.717, 1.165) is 36.8 Å². The van der Waals surface area contributed by atoms with Crippen molar-refractivity contribution in [2.45, 2.75) is 154 Å². The number of hydrogen-bond acceptors (Lipinski definition) is 2. The molecule has 3 nitrogen and oxygen atoms in total. The zero-order chi connectivity index (χ0) is 25.8. The van der Waals surface area contributed by atoms with E-state index in [0.29, 0.717) is 12.3 Å². The van der Waals surface area contributed by atoms with Gasteiger partial charge < -0.3 is 0 Å². The Morgan fingerprint density at radius 2 is 1.09 bits per heavy atom. The van der Waals surface area contributed by atoms with Crippen LogP contribution in [0.15, 0.2) is 24.3 Å². The molecular weight excluding hydrogens is 452 g/mol. The molecule has 0 bridgehead atoms. The lowest BCUT2D eigenvalue weighted by atomic mass is 9.86. The van der Waals surface area contributed by atoms with Gasteiger partial charge in [0.25, 0.3) is 10.1 Å². The Balaban J connectivity index is 2.69. The first-order chi connectivity index (χ1) is 16.9. The second-order valence-corrected chi connectivity index (χ2v) is 12.3. The maximum Gasteiger partial charge on any atom is 0.271 e. The fourth-order valence-corrected chi connectivity index (χ4v) is 6.34. The van der Waals surface area contributed by atoms with E-state index in [-0.39, 0.29) is 0 Å². The van der Waals surface area contributed by atoms with Gasteiger partial charge in [0.2, 0.25) is 0 Å². The molecule has 4 heteroatoms. The van der Waals surface area contributed by atoms with Crippen LogP contribution in [0.5, 0.6) is 0 Å². The highest BCUT2D eigenvalue weighted by atomic mass is 32.2. The van der Waals surface area contributed by atoms with Crippen LogP contribution in [0.1, 0.15) is 159 Å². The van der Waals surface area contributed by atoms with Crippen molar-refractivity contribution in [2.75, 3.05) is 0 Å².